The van der Waals surface area contributed by atoms with E-state index in [0.29, 0.717) is 4.88 Å². The number of aliphatic carboxylic acids is 1. The van der Waals surface area contributed by atoms with Gasteiger partial charge in [-0.15, -0.1) is 11.3 Å². The van der Waals surface area contributed by atoms with Crippen LogP contribution in [0, 0.1) is 5.92 Å². The number of rotatable bonds is 6. The van der Waals surface area contributed by atoms with Gasteiger partial charge in [-0.3, -0.25) is 4.79 Å². The fraction of sp³-hybridized carbons (Fsp3) is 0.583. The van der Waals surface area contributed by atoms with Gasteiger partial charge in [0.25, 0.3) is 5.91 Å². The van der Waals surface area contributed by atoms with Crippen molar-refractivity contribution in [3.8, 4) is 0 Å². The molecule has 0 aliphatic carbocycles. The van der Waals surface area contributed by atoms with E-state index < -0.39 is 12.0 Å². The molecule has 1 aromatic rings. The van der Waals surface area contributed by atoms with Crippen LogP contribution in [0.3, 0.4) is 0 Å². The Morgan fingerprint density at radius 2 is 2.17 bits per heavy atom. The second-order valence-corrected chi connectivity index (χ2v) is 5.52. The zero-order valence-electron chi connectivity index (χ0n) is 10.8. The van der Waals surface area contributed by atoms with E-state index in [1.165, 1.54) is 17.5 Å². The van der Waals surface area contributed by atoms with Gasteiger partial charge in [0.15, 0.2) is 0 Å². The maximum Gasteiger partial charge on any atom is 0.326 e. The molecule has 0 aliphatic rings. The van der Waals surface area contributed by atoms with Gasteiger partial charge in [0.05, 0.1) is 11.2 Å². The van der Waals surface area contributed by atoms with Gasteiger partial charge < -0.3 is 10.4 Å². The Morgan fingerprint density at radius 1 is 1.50 bits per heavy atom. The molecular formula is C12H18N2O3S. The summed E-state index contributed by atoms with van der Waals surface area (Å²) >= 11 is 1.31. The lowest BCUT2D eigenvalue weighted by atomic mass is 10.0. The molecule has 0 aliphatic heterocycles. The van der Waals surface area contributed by atoms with E-state index in [9.17, 15) is 9.59 Å². The smallest absolute Gasteiger partial charge is 0.326 e. The van der Waals surface area contributed by atoms with Crippen molar-refractivity contribution in [3.63, 3.8) is 0 Å². The molecule has 0 radical (unpaired) electrons. The normalized spacial score (nSPS) is 12.4. The predicted octanol–water partition coefficient (Wildman–Crippen LogP) is 1.93. The molecule has 5 nitrogen and oxygen atoms in total. The molecule has 1 atom stereocenters. The molecular weight excluding hydrogens is 252 g/mol. The largest absolute Gasteiger partial charge is 0.480 e. The molecule has 1 unspecified atom stereocenters. The Hall–Kier alpha value is -1.43. The first kappa shape index (κ1) is 14.6. The second kappa shape index (κ2) is 6.49. The van der Waals surface area contributed by atoms with Crippen LogP contribution in [0.15, 0.2) is 6.20 Å². The van der Waals surface area contributed by atoms with Crippen molar-refractivity contribution >= 4 is 23.2 Å². The molecule has 100 valence electrons. The fourth-order valence-corrected chi connectivity index (χ4v) is 2.39. The maximum absolute atomic E-state index is 11.9. The Bertz CT molecular complexity index is 429. The van der Waals surface area contributed by atoms with E-state index in [4.69, 9.17) is 5.11 Å². The number of nitrogens with one attached hydrogen (secondary N) is 1. The minimum Gasteiger partial charge on any atom is -0.480 e. The molecule has 2 N–H and O–H groups in total. The van der Waals surface area contributed by atoms with Crippen LogP contribution in [0.4, 0.5) is 0 Å². The third kappa shape index (κ3) is 3.80. The molecule has 1 heterocycles. The summed E-state index contributed by atoms with van der Waals surface area (Å²) in [5, 5.41) is 12.4. The molecule has 0 aromatic carbocycles. The van der Waals surface area contributed by atoms with Crippen molar-refractivity contribution in [1.29, 1.82) is 0 Å². The Balaban J connectivity index is 2.71. The number of aromatic nitrogens is 1. The fourth-order valence-electron chi connectivity index (χ4n) is 1.47. The lowest BCUT2D eigenvalue weighted by Crippen LogP contribution is -2.44. The molecule has 0 saturated heterocycles. The zero-order chi connectivity index (χ0) is 13.7. The van der Waals surface area contributed by atoms with Gasteiger partial charge >= 0.3 is 5.97 Å². The average molecular weight is 270 g/mol. The number of hydrogen-bond donors (Lipinski definition) is 2. The average Bonchev–Trinajstić information content (AvgIpc) is 2.73. The predicted molar refractivity (Wildman–Crippen MR) is 69.8 cm³/mol. The Kier molecular flexibility index (Phi) is 5.27. The molecule has 1 amide bonds. The van der Waals surface area contributed by atoms with Gasteiger partial charge in [0, 0.05) is 0 Å². The van der Waals surface area contributed by atoms with E-state index in [2.05, 4.69) is 10.3 Å². The summed E-state index contributed by atoms with van der Waals surface area (Å²) in [5.41, 5.74) is 0. The number of carboxylic acids is 1. The van der Waals surface area contributed by atoms with Crippen molar-refractivity contribution in [3.05, 3.63) is 16.1 Å². The Labute approximate surface area is 110 Å². The molecule has 0 saturated carbocycles. The topological polar surface area (TPSA) is 79.3 Å². The molecule has 6 heteroatoms. The van der Waals surface area contributed by atoms with E-state index in [1.54, 1.807) is 13.8 Å². The first-order valence-electron chi connectivity index (χ1n) is 5.94. The monoisotopic (exact) mass is 270 g/mol. The number of thiazole rings is 1. The number of nitrogens with zero attached hydrogens (tertiary/aromatic N) is 1. The highest BCUT2D eigenvalue weighted by Crippen LogP contribution is 2.15. The molecule has 18 heavy (non-hydrogen) atoms. The number of carbonyl (C=O) groups excluding carboxylic acids is 1. The van der Waals surface area contributed by atoms with Crippen molar-refractivity contribution < 1.29 is 14.7 Å². The molecule has 0 bridgehead atoms. The quantitative estimate of drug-likeness (QED) is 0.828. The highest BCUT2D eigenvalue weighted by molar-refractivity contribution is 7.13. The van der Waals surface area contributed by atoms with Crippen molar-refractivity contribution in [1.82, 2.24) is 10.3 Å². The van der Waals surface area contributed by atoms with Gasteiger partial charge in [-0.25, -0.2) is 9.78 Å². The standard InChI is InChI=1S/C12H18N2O3S/c1-4-5-9-13-6-8(18-9)11(15)14-10(7(2)3)12(16)17/h6-7,10H,4-5H2,1-3H3,(H,14,15)(H,16,17). The van der Waals surface area contributed by atoms with E-state index in [1.807, 2.05) is 6.92 Å². The highest BCUT2D eigenvalue weighted by atomic mass is 32.1. The molecule has 0 spiro atoms. The van der Waals surface area contributed by atoms with Gasteiger partial charge in [-0.05, 0) is 18.8 Å². The van der Waals surface area contributed by atoms with Crippen molar-refractivity contribution in [2.24, 2.45) is 5.92 Å². The minimum atomic E-state index is -1.02. The van der Waals surface area contributed by atoms with Gasteiger partial charge in [-0.1, -0.05) is 20.8 Å². The zero-order valence-corrected chi connectivity index (χ0v) is 11.6. The number of amides is 1. The van der Waals surface area contributed by atoms with Crippen LogP contribution < -0.4 is 5.32 Å². The molecule has 1 rings (SSSR count). The van der Waals surface area contributed by atoms with Crippen LogP contribution in [0.1, 0.15) is 41.9 Å². The van der Waals surface area contributed by atoms with Crippen molar-refractivity contribution in [2.75, 3.05) is 0 Å². The molecule has 1 aromatic heterocycles. The first-order valence-corrected chi connectivity index (χ1v) is 6.75. The van der Waals surface area contributed by atoms with E-state index in [0.717, 1.165) is 17.8 Å². The minimum absolute atomic E-state index is 0.158. The van der Waals surface area contributed by atoms with Crippen LogP contribution >= 0.6 is 11.3 Å². The van der Waals surface area contributed by atoms with Crippen LogP contribution in [0.5, 0.6) is 0 Å². The van der Waals surface area contributed by atoms with Crippen molar-refractivity contribution in [2.45, 2.75) is 39.7 Å². The number of aryl methyl sites for hydroxylation is 1. The van der Waals surface area contributed by atoms with Gasteiger partial charge in [-0.2, -0.15) is 0 Å². The summed E-state index contributed by atoms with van der Waals surface area (Å²) in [4.78, 5) is 27.5. The highest BCUT2D eigenvalue weighted by Gasteiger charge is 2.24. The number of carbonyl (C=O) groups is 2. The van der Waals surface area contributed by atoms with Crippen LogP contribution in [-0.4, -0.2) is 28.0 Å². The summed E-state index contributed by atoms with van der Waals surface area (Å²) in [6.45, 7) is 5.56. The summed E-state index contributed by atoms with van der Waals surface area (Å²) in [6.07, 6.45) is 3.31. The van der Waals surface area contributed by atoms with Gasteiger partial charge in [0.2, 0.25) is 0 Å². The van der Waals surface area contributed by atoms with Crippen LogP contribution in [0.2, 0.25) is 0 Å². The summed E-state index contributed by atoms with van der Waals surface area (Å²) in [7, 11) is 0. The Morgan fingerprint density at radius 3 is 2.67 bits per heavy atom. The lowest BCUT2D eigenvalue weighted by Gasteiger charge is -2.17. The first-order chi connectivity index (χ1) is 8.45. The summed E-state index contributed by atoms with van der Waals surface area (Å²) in [6, 6.07) is -0.866. The summed E-state index contributed by atoms with van der Waals surface area (Å²) in [5.74, 6) is -1.54. The van der Waals surface area contributed by atoms with Crippen LogP contribution in [-0.2, 0) is 11.2 Å². The lowest BCUT2D eigenvalue weighted by molar-refractivity contribution is -0.140. The van der Waals surface area contributed by atoms with E-state index >= 15 is 0 Å². The third-order valence-electron chi connectivity index (χ3n) is 2.46. The third-order valence-corrected chi connectivity index (χ3v) is 3.52. The van der Waals surface area contributed by atoms with Crippen LogP contribution in [0.25, 0.3) is 0 Å². The SMILES string of the molecule is CCCc1ncc(C(=O)NC(C(=O)O)C(C)C)s1. The number of carboxylic acid groups (broad SMARTS) is 1. The summed E-state index contributed by atoms with van der Waals surface area (Å²) < 4.78 is 0. The van der Waals surface area contributed by atoms with E-state index in [-0.39, 0.29) is 11.8 Å². The number of hydrogen-bond acceptors (Lipinski definition) is 4. The maximum atomic E-state index is 11.9. The second-order valence-electron chi connectivity index (χ2n) is 4.40. The van der Waals surface area contributed by atoms with Gasteiger partial charge in [0.1, 0.15) is 10.9 Å². The molecule has 0 fully saturated rings.